The fourth-order valence-corrected chi connectivity index (χ4v) is 3.06. The second-order valence-corrected chi connectivity index (χ2v) is 6.84. The Balaban J connectivity index is 0.00000180. The summed E-state index contributed by atoms with van der Waals surface area (Å²) in [5, 5.41) is 0. The monoisotopic (exact) mass is 379 g/mol. The van der Waals surface area contributed by atoms with Crippen LogP contribution in [0.2, 0.25) is 0 Å². The van der Waals surface area contributed by atoms with Crippen molar-refractivity contribution in [3.8, 4) is 0 Å². The van der Waals surface area contributed by atoms with Gasteiger partial charge in [0.1, 0.15) is 0 Å². The third-order valence-electron chi connectivity index (χ3n) is 4.81. The summed E-state index contributed by atoms with van der Waals surface area (Å²) >= 11 is 0. The van der Waals surface area contributed by atoms with Crippen molar-refractivity contribution in [1.29, 1.82) is 0 Å². The normalized spacial score (nSPS) is 21.9. The SMILES string of the molecule is CN(C(N)=NCC(C)(C)C1CCCCC1)C1CC1.I. The van der Waals surface area contributed by atoms with Gasteiger partial charge in [0.05, 0.1) is 0 Å². The molecule has 0 aliphatic heterocycles. The van der Waals surface area contributed by atoms with E-state index < -0.39 is 0 Å². The largest absolute Gasteiger partial charge is 0.370 e. The van der Waals surface area contributed by atoms with E-state index in [4.69, 9.17) is 5.73 Å². The Morgan fingerprint density at radius 1 is 1.16 bits per heavy atom. The van der Waals surface area contributed by atoms with Crippen LogP contribution in [0.4, 0.5) is 0 Å². The van der Waals surface area contributed by atoms with Crippen LogP contribution in [0.3, 0.4) is 0 Å². The van der Waals surface area contributed by atoms with Crippen molar-refractivity contribution in [3.63, 3.8) is 0 Å². The Hall–Kier alpha value is 0. The molecule has 0 aromatic heterocycles. The van der Waals surface area contributed by atoms with Crippen molar-refractivity contribution in [2.75, 3.05) is 13.6 Å². The van der Waals surface area contributed by atoms with Crippen molar-refractivity contribution < 1.29 is 0 Å². The van der Waals surface area contributed by atoms with E-state index >= 15 is 0 Å². The number of aliphatic imine (C=N–C) groups is 1. The van der Waals surface area contributed by atoms with Crippen molar-refractivity contribution >= 4 is 29.9 Å². The standard InChI is InChI=1S/C15H29N3.HI/c1-15(2,12-7-5-4-6-8-12)11-17-14(16)18(3)13-9-10-13;/h12-13H,4-11H2,1-3H3,(H2,16,17);1H. The number of hydrogen-bond acceptors (Lipinski definition) is 1. The molecule has 0 heterocycles. The Morgan fingerprint density at radius 3 is 2.26 bits per heavy atom. The van der Waals surface area contributed by atoms with Crippen LogP contribution in [0.15, 0.2) is 4.99 Å². The fraction of sp³-hybridized carbons (Fsp3) is 0.933. The van der Waals surface area contributed by atoms with E-state index in [2.05, 4.69) is 30.8 Å². The maximum Gasteiger partial charge on any atom is 0.191 e. The highest BCUT2D eigenvalue weighted by Gasteiger charge is 2.31. The van der Waals surface area contributed by atoms with Crippen molar-refractivity contribution in [1.82, 2.24) is 4.90 Å². The van der Waals surface area contributed by atoms with Gasteiger partial charge in [-0.1, -0.05) is 33.1 Å². The number of halogens is 1. The summed E-state index contributed by atoms with van der Waals surface area (Å²) in [5.74, 6) is 1.57. The lowest BCUT2D eigenvalue weighted by molar-refractivity contribution is 0.167. The van der Waals surface area contributed by atoms with Gasteiger partial charge in [0.2, 0.25) is 0 Å². The molecule has 3 nitrogen and oxygen atoms in total. The van der Waals surface area contributed by atoms with Crippen molar-refractivity contribution in [2.45, 2.75) is 64.8 Å². The van der Waals surface area contributed by atoms with E-state index in [-0.39, 0.29) is 24.0 Å². The van der Waals surface area contributed by atoms with Gasteiger partial charge in [-0.2, -0.15) is 0 Å². The lowest BCUT2D eigenvalue weighted by Gasteiger charge is -2.36. The minimum atomic E-state index is 0. The zero-order valence-corrected chi connectivity index (χ0v) is 15.0. The molecule has 2 N–H and O–H groups in total. The number of nitrogens with two attached hydrogens (primary N) is 1. The zero-order valence-electron chi connectivity index (χ0n) is 12.7. The molecule has 2 rings (SSSR count). The first-order valence-corrected chi connectivity index (χ1v) is 7.53. The molecule has 0 bridgehead atoms. The van der Waals surface area contributed by atoms with E-state index in [1.165, 1.54) is 44.9 Å². The molecule has 0 aromatic rings. The highest BCUT2D eigenvalue weighted by atomic mass is 127. The van der Waals surface area contributed by atoms with Crippen LogP contribution in [-0.4, -0.2) is 30.5 Å². The van der Waals surface area contributed by atoms with E-state index in [0.29, 0.717) is 11.5 Å². The molecule has 4 heteroatoms. The maximum absolute atomic E-state index is 6.07. The first-order valence-electron chi connectivity index (χ1n) is 7.53. The van der Waals surface area contributed by atoms with E-state index in [0.717, 1.165) is 18.4 Å². The predicted molar refractivity (Wildman–Crippen MR) is 93.0 cm³/mol. The van der Waals surface area contributed by atoms with E-state index in [1.54, 1.807) is 0 Å². The second kappa shape index (κ2) is 7.14. The third-order valence-corrected chi connectivity index (χ3v) is 4.81. The summed E-state index contributed by atoms with van der Waals surface area (Å²) in [6, 6.07) is 0.659. The molecular formula is C15H30IN3. The molecule has 0 saturated heterocycles. The third kappa shape index (κ3) is 4.80. The molecule has 0 unspecified atom stereocenters. The molecule has 0 amide bonds. The second-order valence-electron chi connectivity index (χ2n) is 6.84. The van der Waals surface area contributed by atoms with E-state index in [9.17, 15) is 0 Å². The lowest BCUT2D eigenvalue weighted by Crippen LogP contribution is -2.37. The Labute approximate surface area is 135 Å². The summed E-state index contributed by atoms with van der Waals surface area (Å²) in [5.41, 5.74) is 6.37. The molecule has 0 aromatic carbocycles. The van der Waals surface area contributed by atoms with Gasteiger partial charge in [0.25, 0.3) is 0 Å². The average molecular weight is 379 g/mol. The lowest BCUT2D eigenvalue weighted by atomic mass is 9.71. The van der Waals surface area contributed by atoms with Gasteiger partial charge in [-0.15, -0.1) is 24.0 Å². The summed E-state index contributed by atoms with van der Waals surface area (Å²) in [6.07, 6.45) is 9.52. The fourth-order valence-electron chi connectivity index (χ4n) is 3.06. The zero-order chi connectivity index (χ0) is 13.2. The highest BCUT2D eigenvalue weighted by molar-refractivity contribution is 14.0. The minimum Gasteiger partial charge on any atom is -0.370 e. The van der Waals surface area contributed by atoms with Crippen molar-refractivity contribution in [2.24, 2.45) is 22.1 Å². The molecule has 0 atom stereocenters. The van der Waals surface area contributed by atoms with Gasteiger partial charge in [-0.25, -0.2) is 0 Å². The average Bonchev–Trinajstić information content (AvgIpc) is 3.20. The van der Waals surface area contributed by atoms with Crippen LogP contribution in [0.1, 0.15) is 58.8 Å². The van der Waals surface area contributed by atoms with Crippen LogP contribution in [0.5, 0.6) is 0 Å². The molecular weight excluding hydrogens is 349 g/mol. The predicted octanol–water partition coefficient (Wildman–Crippen LogP) is 3.62. The molecule has 2 saturated carbocycles. The Morgan fingerprint density at radius 2 is 1.74 bits per heavy atom. The van der Waals surface area contributed by atoms with Crippen LogP contribution in [0, 0.1) is 11.3 Å². The summed E-state index contributed by atoms with van der Waals surface area (Å²) in [6.45, 7) is 5.59. The number of rotatable bonds is 4. The molecule has 112 valence electrons. The Bertz CT molecular complexity index is 305. The smallest absolute Gasteiger partial charge is 0.191 e. The van der Waals surface area contributed by atoms with Crippen LogP contribution >= 0.6 is 24.0 Å². The van der Waals surface area contributed by atoms with Crippen LogP contribution < -0.4 is 5.73 Å². The Kier molecular flexibility index (Phi) is 6.40. The van der Waals surface area contributed by atoms with Gasteiger partial charge < -0.3 is 10.6 Å². The maximum atomic E-state index is 6.07. The van der Waals surface area contributed by atoms with Gasteiger partial charge in [-0.3, -0.25) is 4.99 Å². The molecule has 2 aliphatic rings. The topological polar surface area (TPSA) is 41.6 Å². The van der Waals surface area contributed by atoms with Crippen LogP contribution in [-0.2, 0) is 0 Å². The van der Waals surface area contributed by atoms with Gasteiger partial charge >= 0.3 is 0 Å². The number of guanidine groups is 1. The molecule has 19 heavy (non-hydrogen) atoms. The van der Waals surface area contributed by atoms with Gasteiger partial charge in [-0.05, 0) is 37.0 Å². The molecule has 2 aliphatic carbocycles. The first-order chi connectivity index (χ1) is 8.50. The van der Waals surface area contributed by atoms with Gasteiger partial charge in [0.15, 0.2) is 5.96 Å². The van der Waals surface area contributed by atoms with Gasteiger partial charge in [0, 0.05) is 19.6 Å². The quantitative estimate of drug-likeness (QED) is 0.461. The van der Waals surface area contributed by atoms with E-state index in [1.807, 2.05) is 0 Å². The highest BCUT2D eigenvalue weighted by Crippen LogP contribution is 2.38. The number of hydrogen-bond donors (Lipinski definition) is 1. The first kappa shape index (κ1) is 17.1. The summed E-state index contributed by atoms with van der Waals surface area (Å²) < 4.78 is 0. The van der Waals surface area contributed by atoms with Crippen molar-refractivity contribution in [3.05, 3.63) is 0 Å². The summed E-state index contributed by atoms with van der Waals surface area (Å²) in [7, 11) is 2.07. The molecule has 0 radical (unpaired) electrons. The van der Waals surface area contributed by atoms with Crippen LogP contribution in [0.25, 0.3) is 0 Å². The molecule has 2 fully saturated rings. The minimum absolute atomic E-state index is 0. The summed E-state index contributed by atoms with van der Waals surface area (Å²) in [4.78, 5) is 6.80. The number of nitrogens with zero attached hydrogens (tertiary/aromatic N) is 2. The molecule has 0 spiro atoms.